The molecule has 0 radical (unpaired) electrons. The van der Waals surface area contributed by atoms with Gasteiger partial charge in [-0.05, 0) is 17.7 Å². The number of thiazole rings is 1. The van der Waals surface area contributed by atoms with Crippen LogP contribution in [0, 0.1) is 0 Å². The summed E-state index contributed by atoms with van der Waals surface area (Å²) in [5.74, 6) is -1.13. The van der Waals surface area contributed by atoms with Gasteiger partial charge in [0.15, 0.2) is 11.0 Å². The normalized spacial score (nSPS) is 13.0. The first-order valence-electron chi connectivity index (χ1n) is 8.18. The van der Waals surface area contributed by atoms with Gasteiger partial charge in [-0.2, -0.15) is 13.2 Å². The standard InChI is InChI=1S/C19H12F3N3O2S/c20-19(21,22)15(11-6-2-1-3-7-11)24-16(26)12-10-23-18-25(17(12)27)13-8-4-5-9-14(13)28-18/h1-10,15H,(H,24,26). The monoisotopic (exact) mass is 403 g/mol. The molecule has 2 aromatic heterocycles. The fourth-order valence-corrected chi connectivity index (χ4v) is 3.90. The van der Waals surface area contributed by atoms with Crippen LogP contribution in [-0.2, 0) is 0 Å². The summed E-state index contributed by atoms with van der Waals surface area (Å²) < 4.78 is 42.5. The van der Waals surface area contributed by atoms with Crippen molar-refractivity contribution in [1.82, 2.24) is 14.7 Å². The van der Waals surface area contributed by atoms with Crippen molar-refractivity contribution in [2.75, 3.05) is 0 Å². The van der Waals surface area contributed by atoms with Crippen LogP contribution in [-0.4, -0.2) is 21.5 Å². The van der Waals surface area contributed by atoms with Crippen molar-refractivity contribution in [3.05, 3.63) is 82.3 Å². The van der Waals surface area contributed by atoms with Gasteiger partial charge in [-0.3, -0.25) is 14.0 Å². The first kappa shape index (κ1) is 18.2. The van der Waals surface area contributed by atoms with E-state index in [0.717, 1.165) is 10.9 Å². The summed E-state index contributed by atoms with van der Waals surface area (Å²) in [6, 6.07) is 11.8. The number of amides is 1. The second-order valence-electron chi connectivity index (χ2n) is 6.02. The zero-order valence-electron chi connectivity index (χ0n) is 14.1. The molecule has 9 heteroatoms. The predicted octanol–water partition coefficient (Wildman–Crippen LogP) is 3.94. The van der Waals surface area contributed by atoms with Crippen LogP contribution in [0.5, 0.6) is 0 Å². The molecule has 0 aliphatic heterocycles. The molecule has 4 rings (SSSR count). The lowest BCUT2D eigenvalue weighted by Gasteiger charge is -2.21. The first-order chi connectivity index (χ1) is 13.4. The molecular weight excluding hydrogens is 391 g/mol. The Bertz CT molecular complexity index is 1230. The van der Waals surface area contributed by atoms with E-state index in [1.165, 1.54) is 40.0 Å². The lowest BCUT2D eigenvalue weighted by atomic mass is 10.1. The quantitative estimate of drug-likeness (QED) is 0.564. The van der Waals surface area contributed by atoms with Gasteiger partial charge in [-0.25, -0.2) is 4.98 Å². The summed E-state index contributed by atoms with van der Waals surface area (Å²) in [6.45, 7) is 0. The van der Waals surface area contributed by atoms with Crippen LogP contribution < -0.4 is 10.9 Å². The fraction of sp³-hybridized carbons (Fsp3) is 0.105. The highest BCUT2D eigenvalue weighted by molar-refractivity contribution is 7.23. The molecule has 2 aromatic carbocycles. The minimum absolute atomic E-state index is 0.126. The molecule has 5 nitrogen and oxygen atoms in total. The molecule has 0 spiro atoms. The number of benzene rings is 2. The van der Waals surface area contributed by atoms with E-state index in [9.17, 15) is 22.8 Å². The zero-order valence-corrected chi connectivity index (χ0v) is 14.9. The van der Waals surface area contributed by atoms with Crippen molar-refractivity contribution >= 4 is 32.4 Å². The van der Waals surface area contributed by atoms with Crippen molar-refractivity contribution in [2.45, 2.75) is 12.2 Å². The molecular formula is C19H12F3N3O2S. The molecule has 28 heavy (non-hydrogen) atoms. The Morgan fingerprint density at radius 2 is 1.75 bits per heavy atom. The van der Waals surface area contributed by atoms with E-state index in [4.69, 9.17) is 0 Å². The molecule has 0 saturated heterocycles. The molecule has 1 N–H and O–H groups in total. The molecule has 0 aliphatic rings. The minimum atomic E-state index is -4.72. The van der Waals surface area contributed by atoms with Crippen molar-refractivity contribution in [3.63, 3.8) is 0 Å². The van der Waals surface area contributed by atoms with Gasteiger partial charge in [0.05, 0.1) is 10.2 Å². The highest BCUT2D eigenvalue weighted by Gasteiger charge is 2.42. The molecule has 0 aliphatic carbocycles. The van der Waals surface area contributed by atoms with E-state index in [2.05, 4.69) is 4.98 Å². The smallest absolute Gasteiger partial charge is 0.336 e. The van der Waals surface area contributed by atoms with Crippen LogP contribution >= 0.6 is 11.3 Å². The van der Waals surface area contributed by atoms with Crippen LogP contribution in [0.15, 0.2) is 65.6 Å². The summed E-state index contributed by atoms with van der Waals surface area (Å²) in [4.78, 5) is 29.8. The highest BCUT2D eigenvalue weighted by atomic mass is 32.1. The number of para-hydroxylation sites is 1. The third kappa shape index (κ3) is 3.13. The largest absolute Gasteiger partial charge is 0.412 e. The Hall–Kier alpha value is -3.20. The van der Waals surface area contributed by atoms with E-state index in [-0.39, 0.29) is 5.56 Å². The van der Waals surface area contributed by atoms with Gasteiger partial charge in [-0.15, -0.1) is 0 Å². The molecule has 1 unspecified atom stereocenters. The SMILES string of the molecule is O=C(NC(c1ccccc1)C(F)(F)F)c1cnc2sc3ccccc3n2c1=O. The van der Waals surface area contributed by atoms with Gasteiger partial charge in [0, 0.05) is 6.20 Å². The van der Waals surface area contributed by atoms with E-state index in [0.29, 0.717) is 10.5 Å². The number of rotatable bonds is 3. The van der Waals surface area contributed by atoms with Gasteiger partial charge in [0.2, 0.25) is 0 Å². The van der Waals surface area contributed by atoms with Crippen molar-refractivity contribution in [2.24, 2.45) is 0 Å². The lowest BCUT2D eigenvalue weighted by molar-refractivity contribution is -0.155. The Morgan fingerprint density at radius 3 is 2.46 bits per heavy atom. The number of hydrogen-bond donors (Lipinski definition) is 1. The number of nitrogens with one attached hydrogen (secondary N) is 1. The molecule has 142 valence electrons. The Labute approximate surface area is 160 Å². The van der Waals surface area contributed by atoms with E-state index in [1.807, 2.05) is 5.32 Å². The van der Waals surface area contributed by atoms with Gasteiger partial charge < -0.3 is 5.32 Å². The summed E-state index contributed by atoms with van der Waals surface area (Å²) in [5, 5.41) is 1.92. The summed E-state index contributed by atoms with van der Waals surface area (Å²) in [7, 11) is 0. The van der Waals surface area contributed by atoms with E-state index in [1.54, 1.807) is 30.3 Å². The maximum Gasteiger partial charge on any atom is 0.412 e. The third-order valence-electron chi connectivity index (χ3n) is 4.22. The summed E-state index contributed by atoms with van der Waals surface area (Å²) in [5.41, 5.74) is -0.747. The molecule has 4 aromatic rings. The number of carbonyl (C=O) groups is 1. The molecule has 0 bridgehead atoms. The number of carbonyl (C=O) groups excluding carboxylic acids is 1. The second kappa shape index (κ2) is 6.75. The lowest BCUT2D eigenvalue weighted by Crippen LogP contribution is -2.40. The van der Waals surface area contributed by atoms with Crippen molar-refractivity contribution < 1.29 is 18.0 Å². The number of alkyl halides is 3. The van der Waals surface area contributed by atoms with E-state index >= 15 is 0 Å². The topological polar surface area (TPSA) is 63.5 Å². The van der Waals surface area contributed by atoms with Crippen LogP contribution in [0.2, 0.25) is 0 Å². The average molecular weight is 403 g/mol. The van der Waals surface area contributed by atoms with Crippen molar-refractivity contribution in [1.29, 1.82) is 0 Å². The van der Waals surface area contributed by atoms with Crippen molar-refractivity contribution in [3.8, 4) is 0 Å². The van der Waals surface area contributed by atoms with Gasteiger partial charge >= 0.3 is 6.18 Å². The molecule has 2 heterocycles. The number of nitrogens with zero attached hydrogens (tertiary/aromatic N) is 2. The average Bonchev–Trinajstić information content (AvgIpc) is 3.05. The van der Waals surface area contributed by atoms with Crippen LogP contribution in [0.25, 0.3) is 15.2 Å². The highest BCUT2D eigenvalue weighted by Crippen LogP contribution is 2.32. The minimum Gasteiger partial charge on any atom is -0.336 e. The molecule has 0 fully saturated rings. The second-order valence-corrected chi connectivity index (χ2v) is 7.03. The molecule has 1 atom stereocenters. The fourth-order valence-electron chi connectivity index (χ4n) is 2.92. The summed E-state index contributed by atoms with van der Waals surface area (Å²) >= 11 is 1.25. The number of halogens is 3. The maximum atomic E-state index is 13.5. The Kier molecular flexibility index (Phi) is 4.38. The number of aromatic nitrogens is 2. The van der Waals surface area contributed by atoms with Gasteiger partial charge in [0.1, 0.15) is 5.56 Å². The number of fused-ring (bicyclic) bond motifs is 3. The zero-order chi connectivity index (χ0) is 19.9. The molecule has 0 saturated carbocycles. The predicted molar refractivity (Wildman–Crippen MR) is 99.5 cm³/mol. The van der Waals surface area contributed by atoms with Crippen LogP contribution in [0.3, 0.4) is 0 Å². The first-order valence-corrected chi connectivity index (χ1v) is 9.00. The Balaban J connectivity index is 1.77. The maximum absolute atomic E-state index is 13.5. The van der Waals surface area contributed by atoms with E-state index < -0.39 is 29.2 Å². The van der Waals surface area contributed by atoms with Crippen LogP contribution in [0.4, 0.5) is 13.2 Å². The van der Waals surface area contributed by atoms with Gasteiger partial charge in [0.25, 0.3) is 11.5 Å². The Morgan fingerprint density at radius 1 is 1.07 bits per heavy atom. The van der Waals surface area contributed by atoms with Crippen LogP contribution in [0.1, 0.15) is 22.0 Å². The molecule has 1 amide bonds. The van der Waals surface area contributed by atoms with Gasteiger partial charge in [-0.1, -0.05) is 53.8 Å². The summed E-state index contributed by atoms with van der Waals surface area (Å²) in [6.07, 6.45) is -3.71. The third-order valence-corrected chi connectivity index (χ3v) is 5.25. The number of hydrogen-bond acceptors (Lipinski definition) is 4.